The Morgan fingerprint density at radius 1 is 1.58 bits per heavy atom. The highest BCUT2D eigenvalue weighted by atomic mass is 79.9. The molecule has 1 atom stereocenters. The predicted octanol–water partition coefficient (Wildman–Crippen LogP) is 1.04. The van der Waals surface area contributed by atoms with Crippen molar-refractivity contribution < 1.29 is 10.2 Å². The zero-order chi connectivity index (χ0) is 9.19. The lowest BCUT2D eigenvalue weighted by Gasteiger charge is -2.19. The number of hydrogen-bond donors (Lipinski definition) is 2. The van der Waals surface area contributed by atoms with Gasteiger partial charge < -0.3 is 10.2 Å². The summed E-state index contributed by atoms with van der Waals surface area (Å²) in [6, 6.07) is 5.19. The highest BCUT2D eigenvalue weighted by Crippen LogP contribution is 2.18. The molecule has 0 amide bonds. The van der Waals surface area contributed by atoms with E-state index >= 15 is 0 Å². The van der Waals surface area contributed by atoms with Gasteiger partial charge in [0.15, 0.2) is 0 Å². The van der Waals surface area contributed by atoms with Gasteiger partial charge in [-0.05, 0) is 35.0 Å². The number of hydrogen-bond acceptors (Lipinski definition) is 3. The van der Waals surface area contributed by atoms with E-state index in [1.807, 2.05) is 0 Å². The fourth-order valence-electron chi connectivity index (χ4n) is 0.789. The summed E-state index contributed by atoms with van der Waals surface area (Å²) in [5, 5.41) is 18.4. The molecule has 12 heavy (non-hydrogen) atoms. The second kappa shape index (κ2) is 3.51. The lowest BCUT2D eigenvalue weighted by molar-refractivity contribution is -0.00596. The lowest BCUT2D eigenvalue weighted by atomic mass is 10.0. The summed E-state index contributed by atoms with van der Waals surface area (Å²) >= 11 is 3.18. The minimum Gasteiger partial charge on any atom is -0.393 e. The molecule has 3 nitrogen and oxygen atoms in total. The maximum Gasteiger partial charge on any atom is 0.127 e. The van der Waals surface area contributed by atoms with Crippen molar-refractivity contribution in [2.24, 2.45) is 0 Å². The molecule has 1 aromatic heterocycles. The van der Waals surface area contributed by atoms with Crippen LogP contribution >= 0.6 is 15.9 Å². The van der Waals surface area contributed by atoms with Crippen LogP contribution in [0.3, 0.4) is 0 Å². The van der Waals surface area contributed by atoms with E-state index in [0.29, 0.717) is 10.3 Å². The topological polar surface area (TPSA) is 53.4 Å². The first-order chi connectivity index (χ1) is 5.56. The van der Waals surface area contributed by atoms with Gasteiger partial charge in [0.05, 0.1) is 12.3 Å². The predicted molar refractivity (Wildman–Crippen MR) is 48.6 cm³/mol. The second-order valence-corrected chi connectivity index (χ2v) is 3.59. The molecule has 0 aromatic carbocycles. The molecule has 0 aliphatic carbocycles. The third kappa shape index (κ3) is 2.03. The van der Waals surface area contributed by atoms with Crippen molar-refractivity contribution in [2.45, 2.75) is 12.5 Å². The molecule has 0 saturated heterocycles. The lowest BCUT2D eigenvalue weighted by Crippen LogP contribution is -2.27. The summed E-state index contributed by atoms with van der Waals surface area (Å²) < 4.78 is 0.647. The highest BCUT2D eigenvalue weighted by Gasteiger charge is 2.23. The molecule has 0 radical (unpaired) electrons. The van der Waals surface area contributed by atoms with Gasteiger partial charge in [-0.2, -0.15) is 0 Å². The van der Waals surface area contributed by atoms with Crippen LogP contribution in [-0.4, -0.2) is 21.8 Å². The van der Waals surface area contributed by atoms with Gasteiger partial charge >= 0.3 is 0 Å². The number of aliphatic hydroxyl groups is 2. The van der Waals surface area contributed by atoms with Crippen LogP contribution in [0.4, 0.5) is 0 Å². The van der Waals surface area contributed by atoms with Crippen LogP contribution in [0.25, 0.3) is 0 Å². The number of pyridine rings is 1. The monoisotopic (exact) mass is 231 g/mol. The molecule has 66 valence electrons. The van der Waals surface area contributed by atoms with E-state index in [9.17, 15) is 5.11 Å². The van der Waals surface area contributed by atoms with Gasteiger partial charge in [-0.25, -0.2) is 4.98 Å². The van der Waals surface area contributed by atoms with Gasteiger partial charge in [0, 0.05) is 0 Å². The average molecular weight is 232 g/mol. The Balaban J connectivity index is 3.03. The van der Waals surface area contributed by atoms with Gasteiger partial charge in [0.1, 0.15) is 10.2 Å². The van der Waals surface area contributed by atoms with Crippen molar-refractivity contribution in [1.82, 2.24) is 4.98 Å². The molecule has 0 fully saturated rings. The Kier molecular flexibility index (Phi) is 2.82. The molecule has 4 heteroatoms. The SMILES string of the molecule is C[C@@](O)(CO)c1cccc(Br)n1. The molecule has 0 unspecified atom stereocenters. The molecule has 0 spiro atoms. The highest BCUT2D eigenvalue weighted by molar-refractivity contribution is 9.10. The summed E-state index contributed by atoms with van der Waals surface area (Å²) in [4.78, 5) is 4.02. The fraction of sp³-hybridized carbons (Fsp3) is 0.375. The molecule has 0 bridgehead atoms. The summed E-state index contributed by atoms with van der Waals surface area (Å²) in [5.41, 5.74) is -0.802. The standard InChI is InChI=1S/C8H10BrNO2/c1-8(12,5-11)6-3-2-4-7(9)10-6/h2-4,11-12H,5H2,1H3/t8-/m1/s1. The first-order valence-corrected chi connectivity index (χ1v) is 4.32. The Morgan fingerprint density at radius 2 is 2.25 bits per heavy atom. The zero-order valence-corrected chi connectivity index (χ0v) is 8.24. The van der Waals surface area contributed by atoms with E-state index in [0.717, 1.165) is 0 Å². The number of aromatic nitrogens is 1. The van der Waals surface area contributed by atoms with Crippen LogP contribution < -0.4 is 0 Å². The van der Waals surface area contributed by atoms with E-state index in [2.05, 4.69) is 20.9 Å². The number of rotatable bonds is 2. The molecule has 0 aliphatic heterocycles. The second-order valence-electron chi connectivity index (χ2n) is 2.78. The van der Waals surface area contributed by atoms with Crippen molar-refractivity contribution >= 4 is 15.9 Å². The van der Waals surface area contributed by atoms with Gasteiger partial charge in [0.25, 0.3) is 0 Å². The van der Waals surface area contributed by atoms with Crippen molar-refractivity contribution in [2.75, 3.05) is 6.61 Å². The summed E-state index contributed by atoms with van der Waals surface area (Å²) in [7, 11) is 0. The van der Waals surface area contributed by atoms with Crippen molar-refractivity contribution in [3.8, 4) is 0 Å². The van der Waals surface area contributed by atoms with Gasteiger partial charge in [-0.3, -0.25) is 0 Å². The first kappa shape index (κ1) is 9.64. The Morgan fingerprint density at radius 3 is 2.75 bits per heavy atom. The average Bonchev–Trinajstić information content (AvgIpc) is 2.05. The van der Waals surface area contributed by atoms with Crippen molar-refractivity contribution in [3.05, 3.63) is 28.5 Å². The van der Waals surface area contributed by atoms with Gasteiger partial charge in [-0.1, -0.05) is 6.07 Å². The van der Waals surface area contributed by atoms with Crippen LogP contribution in [0.5, 0.6) is 0 Å². The van der Waals surface area contributed by atoms with Crippen LogP contribution in [0.1, 0.15) is 12.6 Å². The maximum absolute atomic E-state index is 9.59. The number of halogens is 1. The van der Waals surface area contributed by atoms with Gasteiger partial charge in [-0.15, -0.1) is 0 Å². The number of nitrogens with zero attached hydrogens (tertiary/aromatic N) is 1. The Labute approximate surface area is 79.2 Å². The van der Waals surface area contributed by atoms with Crippen LogP contribution in [0.2, 0.25) is 0 Å². The van der Waals surface area contributed by atoms with E-state index in [1.165, 1.54) is 6.92 Å². The third-order valence-electron chi connectivity index (χ3n) is 1.57. The zero-order valence-electron chi connectivity index (χ0n) is 6.66. The molecule has 1 heterocycles. The van der Waals surface area contributed by atoms with E-state index in [4.69, 9.17) is 5.11 Å². The van der Waals surface area contributed by atoms with Crippen molar-refractivity contribution in [1.29, 1.82) is 0 Å². The maximum atomic E-state index is 9.59. The van der Waals surface area contributed by atoms with Crippen LogP contribution in [0.15, 0.2) is 22.8 Å². The fourth-order valence-corrected chi connectivity index (χ4v) is 1.13. The summed E-state index contributed by atoms with van der Waals surface area (Å²) in [6.07, 6.45) is 0. The molecule has 1 rings (SSSR count). The molecular weight excluding hydrogens is 222 g/mol. The van der Waals surface area contributed by atoms with E-state index < -0.39 is 5.60 Å². The van der Waals surface area contributed by atoms with Crippen LogP contribution in [0, 0.1) is 0 Å². The molecule has 1 aromatic rings. The molecule has 0 aliphatic rings. The van der Waals surface area contributed by atoms with Crippen LogP contribution in [-0.2, 0) is 5.60 Å². The third-order valence-corrected chi connectivity index (χ3v) is 2.02. The first-order valence-electron chi connectivity index (χ1n) is 3.52. The minimum absolute atomic E-state index is 0.337. The molecular formula is C8H10BrNO2. The smallest absolute Gasteiger partial charge is 0.127 e. The summed E-state index contributed by atoms with van der Waals surface area (Å²) in [6.45, 7) is 1.18. The molecule has 0 saturated carbocycles. The Bertz CT molecular complexity index is 276. The van der Waals surface area contributed by atoms with E-state index in [1.54, 1.807) is 18.2 Å². The quantitative estimate of drug-likeness (QED) is 0.749. The largest absolute Gasteiger partial charge is 0.393 e. The minimum atomic E-state index is -1.26. The number of aliphatic hydroxyl groups excluding tert-OH is 1. The van der Waals surface area contributed by atoms with Gasteiger partial charge in [0.2, 0.25) is 0 Å². The normalized spacial score (nSPS) is 15.7. The molecule has 2 N–H and O–H groups in total. The summed E-state index contributed by atoms with van der Waals surface area (Å²) in [5.74, 6) is 0. The Hall–Kier alpha value is -0.450. The van der Waals surface area contributed by atoms with E-state index in [-0.39, 0.29) is 6.61 Å². The van der Waals surface area contributed by atoms with Crippen molar-refractivity contribution in [3.63, 3.8) is 0 Å².